The summed E-state index contributed by atoms with van der Waals surface area (Å²) in [5, 5.41) is 64.9. The highest BCUT2D eigenvalue weighted by Crippen LogP contribution is 2.52. The number of ether oxygens (including phenoxy) is 5. The van der Waals surface area contributed by atoms with Gasteiger partial charge in [0, 0.05) is 81.6 Å². The Morgan fingerprint density at radius 2 is 1.69 bits per heavy atom. The number of benzene rings is 2. The topological polar surface area (TPSA) is 306 Å². The summed E-state index contributed by atoms with van der Waals surface area (Å²) in [5.74, 6) is -5.52. The number of aromatic hydroxyl groups is 2. The van der Waals surface area contributed by atoms with Crippen LogP contribution in [-0.2, 0) is 49.3 Å². The number of hydrazone groups is 1. The third-order valence-electron chi connectivity index (χ3n) is 12.5. The number of aliphatic hydroxyl groups is 3. The molecule has 0 radical (unpaired) electrons. The Kier molecular flexibility index (Phi) is 17.0. The van der Waals surface area contributed by atoms with Gasteiger partial charge in [-0.25, -0.2) is 5.43 Å². The third-order valence-corrected chi connectivity index (χ3v) is 12.9. The molecule has 2 aliphatic heterocycles. The molecule has 7 N–H and O–H groups in total. The van der Waals surface area contributed by atoms with E-state index in [-0.39, 0.29) is 77.8 Å². The zero-order valence-corrected chi connectivity index (χ0v) is 39.0. The van der Waals surface area contributed by atoms with Gasteiger partial charge in [0.15, 0.2) is 12.1 Å². The highest BCUT2D eigenvalue weighted by atomic mass is 32.1. The molecule has 2 aromatic rings. The van der Waals surface area contributed by atoms with Gasteiger partial charge in [-0.15, -0.1) is 0 Å². The molecular weight excluding hydrogens is 913 g/mol. The van der Waals surface area contributed by atoms with Gasteiger partial charge in [0.1, 0.15) is 22.8 Å². The number of carbonyl (C=O) groups is 7. The SMILES string of the molecule is COc1cccc2c1C(=O)c1c(O)c3c(c(O)c1C2=O)C[C@@](O)(/C(CO)=N/NC(=O)CCCCCN1C(=O)CC(S)C1=O)C[C@@H]3OC1C[C@H](NCCCCC(OC(C)=O)OC(C)=O)C(O)[C@H](C)O1. The number of nitrogens with zero attached hydrogens (tertiary/aromatic N) is 2. The maximum atomic E-state index is 14.2. The number of imide groups is 1. The number of hydrogen-bond acceptors (Lipinski definition) is 20. The number of unbranched alkanes of at least 4 members (excludes halogenated alkanes) is 3. The van der Waals surface area contributed by atoms with Gasteiger partial charge in [-0.1, -0.05) is 18.6 Å². The van der Waals surface area contributed by atoms with E-state index in [1.807, 2.05) is 0 Å². The summed E-state index contributed by atoms with van der Waals surface area (Å²) in [5.41, 5.74) is -1.92. The number of esters is 2. The number of aliphatic hydroxyl groups excluding tert-OH is 2. The van der Waals surface area contributed by atoms with Crippen molar-refractivity contribution >= 4 is 59.6 Å². The number of nitrogens with one attached hydrogen (secondary N) is 2. The summed E-state index contributed by atoms with van der Waals surface area (Å²) >= 11 is 4.12. The van der Waals surface area contributed by atoms with Gasteiger partial charge in [0.25, 0.3) is 0 Å². The van der Waals surface area contributed by atoms with Crippen LogP contribution in [0.2, 0.25) is 0 Å². The van der Waals surface area contributed by atoms with Gasteiger partial charge < -0.3 is 54.5 Å². The number of amides is 3. The minimum atomic E-state index is -2.23. The number of ketones is 2. The van der Waals surface area contributed by atoms with Crippen LogP contribution in [0, 0.1) is 0 Å². The third kappa shape index (κ3) is 11.3. The molecule has 6 rings (SSSR count). The number of hydrogen-bond donors (Lipinski definition) is 8. The Hall–Kier alpha value is -5.49. The summed E-state index contributed by atoms with van der Waals surface area (Å²) in [7, 11) is 1.31. The van der Waals surface area contributed by atoms with E-state index in [4.69, 9.17) is 23.7 Å². The molecule has 0 bridgehead atoms. The highest BCUT2D eigenvalue weighted by molar-refractivity contribution is 7.81. The second kappa shape index (κ2) is 22.3. The quantitative estimate of drug-likeness (QED) is 0.0117. The van der Waals surface area contributed by atoms with Crippen molar-refractivity contribution in [2.45, 2.75) is 139 Å². The summed E-state index contributed by atoms with van der Waals surface area (Å²) < 4.78 is 28.1. The van der Waals surface area contributed by atoms with Crippen LogP contribution in [0.1, 0.15) is 134 Å². The number of rotatable bonds is 20. The molecule has 370 valence electrons. The Morgan fingerprint density at radius 1 is 0.985 bits per heavy atom. The molecule has 0 spiro atoms. The first-order valence-corrected chi connectivity index (χ1v) is 23.0. The average Bonchev–Trinajstić information content (AvgIpc) is 3.52. The number of phenolic OH excluding ortho intramolecular Hbond substituents is 2. The van der Waals surface area contributed by atoms with Crippen LogP contribution in [0.4, 0.5) is 0 Å². The number of phenols is 2. The lowest BCUT2D eigenvalue weighted by Gasteiger charge is -2.43. The fraction of sp³-hybridized carbons (Fsp3) is 0.565. The number of carbonyl (C=O) groups excluding carboxylic acids is 7. The zero-order chi connectivity index (χ0) is 49.6. The van der Waals surface area contributed by atoms with E-state index in [9.17, 15) is 59.1 Å². The van der Waals surface area contributed by atoms with Crippen molar-refractivity contribution in [2.75, 3.05) is 26.8 Å². The molecule has 68 heavy (non-hydrogen) atoms. The first-order valence-electron chi connectivity index (χ1n) is 22.4. The van der Waals surface area contributed by atoms with E-state index in [1.54, 1.807) is 6.92 Å². The Balaban J connectivity index is 1.23. The molecule has 0 saturated carbocycles. The van der Waals surface area contributed by atoms with E-state index < -0.39 is 119 Å². The standard InChI is InChI=1S/C46H58N4O17S/c1-22-40(56)27(47-15-8-7-14-34(65-23(2)52)66-24(3)53)17-35(64-22)67-29-20-46(62,31(21-51)48-49-32(54)13-6-5-9-16-50-33(55)18-30(68)45(50)61)19-26-37(29)44(60)39-38(42(26)58)41(57)25-11-10-12-28(63-4)36(25)43(39)59/h10-12,22,27,29-30,34-35,40,47,51,56,58,60,62,68H,5-9,13-21H2,1-4H3,(H,49,54)/b48-31+/t22-,27-,29-,30?,35?,40?,46-/m0/s1. The van der Waals surface area contributed by atoms with Crippen molar-refractivity contribution in [1.82, 2.24) is 15.6 Å². The summed E-state index contributed by atoms with van der Waals surface area (Å²) in [6.07, 6.45) is -4.18. The lowest BCUT2D eigenvalue weighted by Crippen LogP contribution is -2.55. The number of fused-ring (bicyclic) bond motifs is 3. The van der Waals surface area contributed by atoms with Crippen molar-refractivity contribution in [3.63, 3.8) is 0 Å². The molecule has 3 unspecified atom stereocenters. The number of methoxy groups -OCH3 is 1. The van der Waals surface area contributed by atoms with Crippen molar-refractivity contribution in [3.8, 4) is 17.2 Å². The molecule has 2 fully saturated rings. The van der Waals surface area contributed by atoms with Crippen LogP contribution in [0.5, 0.6) is 17.2 Å². The van der Waals surface area contributed by atoms with Crippen molar-refractivity contribution < 1.29 is 82.8 Å². The van der Waals surface area contributed by atoms with Crippen molar-refractivity contribution in [2.24, 2.45) is 5.10 Å². The van der Waals surface area contributed by atoms with Crippen LogP contribution in [0.15, 0.2) is 23.3 Å². The maximum Gasteiger partial charge on any atom is 0.305 e. The van der Waals surface area contributed by atoms with Crippen LogP contribution in [-0.4, -0.2) is 146 Å². The summed E-state index contributed by atoms with van der Waals surface area (Å²) in [6, 6.07) is 3.67. The largest absolute Gasteiger partial charge is 0.507 e. The van der Waals surface area contributed by atoms with Gasteiger partial charge in [0.2, 0.25) is 29.8 Å². The van der Waals surface area contributed by atoms with Crippen LogP contribution < -0.4 is 15.5 Å². The molecule has 2 aromatic carbocycles. The lowest BCUT2D eigenvalue weighted by molar-refractivity contribution is -0.248. The molecular formula is C46H58N4O17S. The first-order chi connectivity index (χ1) is 32.3. The molecule has 2 heterocycles. The Morgan fingerprint density at radius 3 is 2.34 bits per heavy atom. The van der Waals surface area contributed by atoms with Gasteiger partial charge >= 0.3 is 11.9 Å². The zero-order valence-electron chi connectivity index (χ0n) is 38.1. The summed E-state index contributed by atoms with van der Waals surface area (Å²) in [6.45, 7) is 3.62. The van der Waals surface area contributed by atoms with Crippen molar-refractivity contribution in [1.29, 1.82) is 0 Å². The fourth-order valence-electron chi connectivity index (χ4n) is 9.12. The van der Waals surface area contributed by atoms with Gasteiger partial charge in [-0.2, -0.15) is 17.7 Å². The fourth-order valence-corrected chi connectivity index (χ4v) is 9.42. The molecule has 7 atom stereocenters. The molecule has 4 aliphatic rings. The average molecular weight is 971 g/mol. The number of likely N-dealkylation sites (tertiary alicyclic amines) is 1. The molecule has 3 amide bonds. The number of thiol groups is 1. The van der Waals surface area contributed by atoms with E-state index in [2.05, 4.69) is 28.5 Å². The highest BCUT2D eigenvalue weighted by Gasteiger charge is 2.50. The predicted octanol–water partition coefficient (Wildman–Crippen LogP) is 1.78. The van der Waals surface area contributed by atoms with Crippen molar-refractivity contribution in [3.05, 3.63) is 51.6 Å². The van der Waals surface area contributed by atoms with E-state index in [0.29, 0.717) is 38.6 Å². The monoisotopic (exact) mass is 970 g/mol. The second-order valence-electron chi connectivity index (χ2n) is 17.3. The molecule has 2 saturated heterocycles. The lowest BCUT2D eigenvalue weighted by atomic mass is 9.71. The molecule has 0 aromatic heterocycles. The Bertz CT molecular complexity index is 2330. The van der Waals surface area contributed by atoms with Crippen LogP contribution in [0.3, 0.4) is 0 Å². The van der Waals surface area contributed by atoms with Crippen LogP contribution in [0.25, 0.3) is 0 Å². The normalized spacial score (nSPS) is 24.7. The maximum absolute atomic E-state index is 14.2. The van der Waals surface area contributed by atoms with Gasteiger partial charge in [0.05, 0.1) is 59.7 Å². The smallest absolute Gasteiger partial charge is 0.305 e. The van der Waals surface area contributed by atoms with Gasteiger partial charge in [-0.3, -0.25) is 38.5 Å². The molecule has 2 aliphatic carbocycles. The van der Waals surface area contributed by atoms with E-state index >= 15 is 0 Å². The van der Waals surface area contributed by atoms with E-state index in [0.717, 1.165) is 4.90 Å². The minimum Gasteiger partial charge on any atom is -0.507 e. The molecule has 22 heteroatoms. The second-order valence-corrected chi connectivity index (χ2v) is 17.9. The minimum absolute atomic E-state index is 0.00365. The Labute approximate surface area is 396 Å². The molecule has 21 nitrogen and oxygen atoms in total. The first kappa shape index (κ1) is 51.9. The van der Waals surface area contributed by atoms with E-state index in [1.165, 1.54) is 39.2 Å². The predicted molar refractivity (Wildman–Crippen MR) is 240 cm³/mol. The van der Waals surface area contributed by atoms with Crippen LogP contribution >= 0.6 is 12.6 Å². The van der Waals surface area contributed by atoms with Gasteiger partial charge in [-0.05, 0) is 45.2 Å². The summed E-state index contributed by atoms with van der Waals surface area (Å²) in [4.78, 5) is 89.6.